The fraction of sp³-hybridized carbons (Fsp3) is 0.263. The van der Waals surface area contributed by atoms with E-state index in [0.29, 0.717) is 39.7 Å². The van der Waals surface area contributed by atoms with Crippen molar-refractivity contribution in [1.29, 1.82) is 0 Å². The first-order chi connectivity index (χ1) is 13.5. The van der Waals surface area contributed by atoms with Gasteiger partial charge in [-0.05, 0) is 30.3 Å². The van der Waals surface area contributed by atoms with Crippen LogP contribution in [0.2, 0.25) is 0 Å². The van der Waals surface area contributed by atoms with Crippen LogP contribution in [0.5, 0.6) is 0 Å². The van der Waals surface area contributed by atoms with Crippen molar-refractivity contribution >= 4 is 34.5 Å². The number of nitrogens with one attached hydrogen (secondary N) is 1. The van der Waals surface area contributed by atoms with Crippen LogP contribution in [0.25, 0.3) is 10.9 Å². The Morgan fingerprint density at radius 1 is 1.32 bits per heavy atom. The molecule has 2 aromatic heterocycles. The van der Waals surface area contributed by atoms with Crippen LogP contribution in [-0.4, -0.2) is 40.8 Å². The molecule has 3 aromatic rings. The Bertz CT molecular complexity index is 1060. The molecule has 0 unspecified atom stereocenters. The van der Waals surface area contributed by atoms with E-state index < -0.39 is 5.97 Å². The highest BCUT2D eigenvalue weighted by molar-refractivity contribution is 7.99. The normalized spacial score (nSPS) is 10.8. The summed E-state index contributed by atoms with van der Waals surface area (Å²) in [5.41, 5.74) is 0.491. The number of ether oxygens (including phenoxy) is 1. The summed E-state index contributed by atoms with van der Waals surface area (Å²) in [6, 6.07) is 8.18. The molecule has 0 radical (unpaired) electrons. The molecular formula is C19H19N3O5S. The van der Waals surface area contributed by atoms with Gasteiger partial charge in [0, 0.05) is 19.2 Å². The maximum absolute atomic E-state index is 13.0. The third-order valence-corrected chi connectivity index (χ3v) is 4.92. The molecule has 1 aromatic carbocycles. The largest absolute Gasteiger partial charge is 0.467 e. The van der Waals surface area contributed by atoms with Gasteiger partial charge in [0.1, 0.15) is 5.76 Å². The molecule has 3 rings (SSSR count). The second-order valence-electron chi connectivity index (χ2n) is 5.92. The molecule has 1 amide bonds. The van der Waals surface area contributed by atoms with Crippen LogP contribution >= 0.6 is 11.8 Å². The van der Waals surface area contributed by atoms with Crippen LogP contribution in [0.3, 0.4) is 0 Å². The molecule has 0 bridgehead atoms. The maximum Gasteiger partial charge on any atom is 0.337 e. The molecule has 8 nitrogen and oxygen atoms in total. The van der Waals surface area contributed by atoms with E-state index in [4.69, 9.17) is 9.15 Å². The molecule has 28 heavy (non-hydrogen) atoms. The Kier molecular flexibility index (Phi) is 6.15. The van der Waals surface area contributed by atoms with Gasteiger partial charge >= 0.3 is 5.97 Å². The minimum absolute atomic E-state index is 0.122. The predicted molar refractivity (Wildman–Crippen MR) is 105 cm³/mol. The zero-order valence-electron chi connectivity index (χ0n) is 15.4. The molecule has 0 aliphatic heterocycles. The van der Waals surface area contributed by atoms with E-state index in [1.54, 1.807) is 24.5 Å². The van der Waals surface area contributed by atoms with Gasteiger partial charge in [-0.3, -0.25) is 14.2 Å². The highest BCUT2D eigenvalue weighted by atomic mass is 32.2. The molecule has 0 saturated carbocycles. The van der Waals surface area contributed by atoms with Crippen LogP contribution in [0.1, 0.15) is 23.0 Å². The van der Waals surface area contributed by atoms with E-state index in [0.717, 1.165) is 0 Å². The molecule has 146 valence electrons. The first kappa shape index (κ1) is 19.7. The summed E-state index contributed by atoms with van der Waals surface area (Å²) >= 11 is 1.34. The number of aromatic nitrogens is 2. The molecule has 0 saturated heterocycles. The number of amides is 1. The van der Waals surface area contributed by atoms with E-state index in [9.17, 15) is 14.4 Å². The number of nitrogens with zero attached hydrogens (tertiary/aromatic N) is 2. The Hall–Kier alpha value is -3.07. The standard InChI is InChI=1S/C19H19N3O5S/c1-12(23)20-7-9-28-19-21-16-10-13(18(25)26-2)5-6-15(16)17(24)22(19)11-14-4-3-8-27-14/h3-6,8,10H,7,9,11H2,1-2H3,(H,20,23). The van der Waals surface area contributed by atoms with Crippen molar-refractivity contribution in [2.75, 3.05) is 19.4 Å². The maximum atomic E-state index is 13.0. The van der Waals surface area contributed by atoms with Crippen molar-refractivity contribution in [2.24, 2.45) is 0 Å². The van der Waals surface area contributed by atoms with Gasteiger partial charge < -0.3 is 14.5 Å². The van der Waals surface area contributed by atoms with Crippen LogP contribution < -0.4 is 10.9 Å². The Balaban J connectivity index is 2.02. The van der Waals surface area contributed by atoms with Crippen molar-refractivity contribution in [3.8, 4) is 0 Å². The lowest BCUT2D eigenvalue weighted by Gasteiger charge is -2.12. The lowest BCUT2D eigenvalue weighted by molar-refractivity contribution is -0.118. The van der Waals surface area contributed by atoms with Crippen molar-refractivity contribution in [3.63, 3.8) is 0 Å². The van der Waals surface area contributed by atoms with E-state index >= 15 is 0 Å². The van der Waals surface area contributed by atoms with Gasteiger partial charge in [0.05, 0.1) is 36.4 Å². The van der Waals surface area contributed by atoms with E-state index in [2.05, 4.69) is 10.3 Å². The third kappa shape index (κ3) is 4.42. The zero-order valence-corrected chi connectivity index (χ0v) is 16.2. The molecule has 0 aliphatic rings. The van der Waals surface area contributed by atoms with Gasteiger partial charge in [-0.1, -0.05) is 11.8 Å². The minimum Gasteiger partial charge on any atom is -0.467 e. The summed E-state index contributed by atoms with van der Waals surface area (Å²) in [6.07, 6.45) is 1.54. The first-order valence-corrected chi connectivity index (χ1v) is 9.50. The Labute approximate surface area is 164 Å². The topological polar surface area (TPSA) is 103 Å². The van der Waals surface area contributed by atoms with Gasteiger partial charge in [-0.2, -0.15) is 0 Å². The van der Waals surface area contributed by atoms with E-state index in [-0.39, 0.29) is 18.0 Å². The van der Waals surface area contributed by atoms with Gasteiger partial charge in [0.25, 0.3) is 5.56 Å². The van der Waals surface area contributed by atoms with Crippen LogP contribution in [0.4, 0.5) is 0 Å². The molecule has 1 N–H and O–H groups in total. The number of furan rings is 1. The lowest BCUT2D eigenvalue weighted by Crippen LogP contribution is -2.25. The highest BCUT2D eigenvalue weighted by Gasteiger charge is 2.15. The summed E-state index contributed by atoms with van der Waals surface area (Å²) in [6.45, 7) is 2.12. The average Bonchev–Trinajstić information content (AvgIpc) is 3.20. The summed E-state index contributed by atoms with van der Waals surface area (Å²) < 4.78 is 11.6. The molecule has 9 heteroatoms. The fourth-order valence-electron chi connectivity index (χ4n) is 2.62. The van der Waals surface area contributed by atoms with Crippen molar-refractivity contribution < 1.29 is 18.7 Å². The number of esters is 1. The quantitative estimate of drug-likeness (QED) is 0.280. The minimum atomic E-state index is -0.497. The number of benzene rings is 1. The number of carbonyl (C=O) groups is 2. The van der Waals surface area contributed by atoms with Crippen molar-refractivity contribution in [1.82, 2.24) is 14.9 Å². The number of hydrogen-bond donors (Lipinski definition) is 1. The number of hydrogen-bond acceptors (Lipinski definition) is 7. The second-order valence-corrected chi connectivity index (χ2v) is 6.98. The second kappa shape index (κ2) is 8.75. The third-order valence-electron chi connectivity index (χ3n) is 3.94. The van der Waals surface area contributed by atoms with Crippen molar-refractivity contribution in [3.05, 3.63) is 58.3 Å². The summed E-state index contributed by atoms with van der Waals surface area (Å²) in [5, 5.41) is 3.58. The molecule has 0 spiro atoms. The summed E-state index contributed by atoms with van der Waals surface area (Å²) in [7, 11) is 1.30. The van der Waals surface area contributed by atoms with Gasteiger partial charge in [0.15, 0.2) is 5.16 Å². The molecule has 0 atom stereocenters. The first-order valence-electron chi connectivity index (χ1n) is 8.52. The van der Waals surface area contributed by atoms with Crippen molar-refractivity contribution in [2.45, 2.75) is 18.6 Å². The number of methoxy groups -OCH3 is 1. The molecule has 0 fully saturated rings. The summed E-state index contributed by atoms with van der Waals surface area (Å²) in [4.78, 5) is 40.5. The Morgan fingerprint density at radius 3 is 2.82 bits per heavy atom. The summed E-state index contributed by atoms with van der Waals surface area (Å²) in [5.74, 6) is 0.538. The fourth-order valence-corrected chi connectivity index (χ4v) is 3.48. The van der Waals surface area contributed by atoms with E-state index in [1.807, 2.05) is 0 Å². The smallest absolute Gasteiger partial charge is 0.337 e. The molecular weight excluding hydrogens is 382 g/mol. The highest BCUT2D eigenvalue weighted by Crippen LogP contribution is 2.20. The van der Waals surface area contributed by atoms with Gasteiger partial charge in [0.2, 0.25) is 5.91 Å². The van der Waals surface area contributed by atoms with Gasteiger partial charge in [-0.15, -0.1) is 0 Å². The van der Waals surface area contributed by atoms with Crippen LogP contribution in [0.15, 0.2) is 51.0 Å². The van der Waals surface area contributed by atoms with Crippen LogP contribution in [0, 0.1) is 0 Å². The number of thioether (sulfide) groups is 1. The predicted octanol–water partition coefficient (Wildman–Crippen LogP) is 2.05. The number of rotatable bonds is 7. The number of fused-ring (bicyclic) bond motifs is 1. The lowest BCUT2D eigenvalue weighted by atomic mass is 10.1. The monoisotopic (exact) mass is 401 g/mol. The molecule has 2 heterocycles. The zero-order chi connectivity index (χ0) is 20.1. The molecule has 0 aliphatic carbocycles. The van der Waals surface area contributed by atoms with Crippen LogP contribution in [-0.2, 0) is 16.1 Å². The average molecular weight is 401 g/mol. The SMILES string of the molecule is COC(=O)c1ccc2c(=O)n(Cc3ccco3)c(SCCNC(C)=O)nc2c1. The number of carbonyl (C=O) groups excluding carboxylic acids is 2. The van der Waals surface area contributed by atoms with E-state index in [1.165, 1.54) is 42.5 Å². The van der Waals surface area contributed by atoms with Gasteiger partial charge in [-0.25, -0.2) is 9.78 Å². The Morgan fingerprint density at radius 2 is 2.14 bits per heavy atom.